The number of para-hydroxylation sites is 1. The summed E-state index contributed by atoms with van der Waals surface area (Å²) in [4.78, 5) is 4.41. The Kier molecular flexibility index (Phi) is 11.5. The van der Waals surface area contributed by atoms with Crippen molar-refractivity contribution in [3.8, 4) is 5.75 Å². The molecule has 148 valence electrons. The second kappa shape index (κ2) is 13.3. The monoisotopic (exact) mass is 485 g/mol. The van der Waals surface area contributed by atoms with Gasteiger partial charge in [0.1, 0.15) is 5.75 Å². The van der Waals surface area contributed by atoms with Crippen molar-refractivity contribution in [2.45, 2.75) is 19.6 Å². The first-order valence-corrected chi connectivity index (χ1v) is 8.57. The molecule has 27 heavy (non-hydrogen) atoms. The van der Waals surface area contributed by atoms with Gasteiger partial charge in [0.05, 0.1) is 19.8 Å². The van der Waals surface area contributed by atoms with Gasteiger partial charge in [-0.15, -0.1) is 24.0 Å². The Balaban J connectivity index is 0.00000364. The van der Waals surface area contributed by atoms with Gasteiger partial charge in [0.15, 0.2) is 5.96 Å². The minimum absolute atomic E-state index is 0. The molecular formula is C20H28IN3O3. The minimum atomic E-state index is 0. The van der Waals surface area contributed by atoms with Crippen LogP contribution in [-0.4, -0.2) is 33.4 Å². The summed E-state index contributed by atoms with van der Waals surface area (Å²) >= 11 is 0. The fourth-order valence-electron chi connectivity index (χ4n) is 2.40. The van der Waals surface area contributed by atoms with Crippen LogP contribution in [0.25, 0.3) is 0 Å². The Morgan fingerprint density at radius 2 is 1.85 bits per heavy atom. The fraction of sp³-hybridized carbons (Fsp3) is 0.350. The molecule has 0 amide bonds. The summed E-state index contributed by atoms with van der Waals surface area (Å²) < 4.78 is 15.9. The van der Waals surface area contributed by atoms with Crippen LogP contribution in [-0.2, 0) is 22.6 Å². The number of hydrogen-bond acceptors (Lipinski definition) is 4. The van der Waals surface area contributed by atoms with Crippen molar-refractivity contribution in [3.05, 3.63) is 59.7 Å². The number of methoxy groups -OCH3 is 2. The molecule has 0 aliphatic rings. The van der Waals surface area contributed by atoms with Crippen molar-refractivity contribution in [2.24, 2.45) is 10.7 Å². The van der Waals surface area contributed by atoms with E-state index in [1.807, 2.05) is 48.5 Å². The summed E-state index contributed by atoms with van der Waals surface area (Å²) in [6.07, 6.45) is 0.858. The molecule has 2 rings (SSSR count). The summed E-state index contributed by atoms with van der Waals surface area (Å²) in [6.45, 7) is 2.30. The standard InChI is InChI=1S/C20H27N3O3.HI/c1-24-11-6-12-26-18-9-5-7-16(13-18)14-22-20(21)23-19-10-4-3-8-17(19)15-25-2;/h3-5,7-10,13H,6,11-12,14-15H2,1-2H3,(H3,21,22,23);1H. The molecule has 0 radical (unpaired) electrons. The van der Waals surface area contributed by atoms with Crippen LogP contribution in [0.1, 0.15) is 17.5 Å². The van der Waals surface area contributed by atoms with Gasteiger partial charge in [-0.3, -0.25) is 0 Å². The van der Waals surface area contributed by atoms with E-state index < -0.39 is 0 Å². The SMILES string of the molecule is COCCCOc1cccc(CN=C(N)Nc2ccccc2COC)c1.I. The molecule has 0 fully saturated rings. The number of aliphatic imine (C=N–C) groups is 1. The molecule has 0 bridgehead atoms. The lowest BCUT2D eigenvalue weighted by Gasteiger charge is -2.11. The summed E-state index contributed by atoms with van der Waals surface area (Å²) in [5, 5.41) is 3.13. The lowest BCUT2D eigenvalue weighted by Crippen LogP contribution is -2.23. The third-order valence-electron chi connectivity index (χ3n) is 3.67. The molecule has 6 nitrogen and oxygen atoms in total. The van der Waals surface area contributed by atoms with Crippen LogP contribution in [0.4, 0.5) is 5.69 Å². The van der Waals surface area contributed by atoms with Gasteiger partial charge in [0.25, 0.3) is 0 Å². The van der Waals surface area contributed by atoms with Gasteiger partial charge in [0, 0.05) is 38.5 Å². The number of guanidine groups is 1. The molecule has 0 spiro atoms. The third-order valence-corrected chi connectivity index (χ3v) is 3.67. The predicted octanol–water partition coefficient (Wildman–Crippen LogP) is 3.79. The van der Waals surface area contributed by atoms with E-state index in [-0.39, 0.29) is 24.0 Å². The molecule has 2 aromatic rings. The molecule has 0 aromatic heterocycles. The molecule has 3 N–H and O–H groups in total. The van der Waals surface area contributed by atoms with Crippen LogP contribution < -0.4 is 15.8 Å². The van der Waals surface area contributed by atoms with E-state index in [9.17, 15) is 0 Å². The van der Waals surface area contributed by atoms with E-state index in [0.29, 0.717) is 32.3 Å². The van der Waals surface area contributed by atoms with Gasteiger partial charge in [-0.1, -0.05) is 30.3 Å². The van der Waals surface area contributed by atoms with Crippen molar-refractivity contribution >= 4 is 35.6 Å². The molecule has 0 aliphatic carbocycles. The zero-order valence-corrected chi connectivity index (χ0v) is 18.1. The number of benzene rings is 2. The molecule has 0 aliphatic heterocycles. The van der Waals surface area contributed by atoms with E-state index in [4.69, 9.17) is 19.9 Å². The summed E-state index contributed by atoms with van der Waals surface area (Å²) in [5.74, 6) is 1.19. The van der Waals surface area contributed by atoms with E-state index in [2.05, 4.69) is 10.3 Å². The zero-order valence-electron chi connectivity index (χ0n) is 15.8. The first-order chi connectivity index (χ1) is 12.7. The van der Waals surface area contributed by atoms with Gasteiger partial charge >= 0.3 is 0 Å². The summed E-state index contributed by atoms with van der Waals surface area (Å²) in [6, 6.07) is 15.7. The van der Waals surface area contributed by atoms with E-state index in [1.165, 1.54) is 0 Å². The lowest BCUT2D eigenvalue weighted by atomic mass is 10.2. The smallest absolute Gasteiger partial charge is 0.193 e. The van der Waals surface area contributed by atoms with Gasteiger partial charge in [-0.25, -0.2) is 4.99 Å². The number of halogens is 1. The highest BCUT2D eigenvalue weighted by Gasteiger charge is 2.03. The number of ether oxygens (including phenoxy) is 3. The van der Waals surface area contributed by atoms with Crippen LogP contribution >= 0.6 is 24.0 Å². The number of hydrogen-bond donors (Lipinski definition) is 2. The maximum Gasteiger partial charge on any atom is 0.193 e. The maximum atomic E-state index is 6.02. The van der Waals surface area contributed by atoms with E-state index in [0.717, 1.165) is 29.0 Å². The molecule has 0 atom stereocenters. The minimum Gasteiger partial charge on any atom is -0.493 e. The Hall–Kier alpha value is -1.84. The Morgan fingerprint density at radius 3 is 2.63 bits per heavy atom. The first-order valence-electron chi connectivity index (χ1n) is 8.57. The van der Waals surface area contributed by atoms with Crippen LogP contribution in [0.5, 0.6) is 5.75 Å². The van der Waals surface area contributed by atoms with Crippen LogP contribution in [0.15, 0.2) is 53.5 Å². The average Bonchev–Trinajstić information content (AvgIpc) is 2.66. The van der Waals surface area contributed by atoms with Gasteiger partial charge < -0.3 is 25.3 Å². The Morgan fingerprint density at radius 1 is 1.04 bits per heavy atom. The number of nitrogens with two attached hydrogens (primary N) is 1. The van der Waals surface area contributed by atoms with Gasteiger partial charge in [-0.05, 0) is 23.8 Å². The van der Waals surface area contributed by atoms with E-state index >= 15 is 0 Å². The summed E-state index contributed by atoms with van der Waals surface area (Å²) in [5.41, 5.74) is 8.98. The van der Waals surface area contributed by atoms with Crippen molar-refractivity contribution < 1.29 is 14.2 Å². The molecule has 0 saturated heterocycles. The topological polar surface area (TPSA) is 78.1 Å². The number of anilines is 1. The van der Waals surface area contributed by atoms with Crippen molar-refractivity contribution in [1.29, 1.82) is 0 Å². The number of rotatable bonds is 10. The molecule has 0 saturated carbocycles. The molecular weight excluding hydrogens is 457 g/mol. The van der Waals surface area contributed by atoms with E-state index in [1.54, 1.807) is 14.2 Å². The largest absolute Gasteiger partial charge is 0.493 e. The van der Waals surface area contributed by atoms with Crippen molar-refractivity contribution in [2.75, 3.05) is 32.8 Å². The van der Waals surface area contributed by atoms with Crippen molar-refractivity contribution in [3.63, 3.8) is 0 Å². The van der Waals surface area contributed by atoms with Crippen LogP contribution in [0.2, 0.25) is 0 Å². The highest BCUT2D eigenvalue weighted by Crippen LogP contribution is 2.16. The Labute approximate surface area is 178 Å². The average molecular weight is 485 g/mol. The first kappa shape index (κ1) is 23.2. The molecule has 0 heterocycles. The van der Waals surface area contributed by atoms with Crippen LogP contribution in [0.3, 0.4) is 0 Å². The predicted molar refractivity (Wildman–Crippen MR) is 120 cm³/mol. The highest BCUT2D eigenvalue weighted by molar-refractivity contribution is 14.0. The second-order valence-corrected chi connectivity index (χ2v) is 5.76. The third kappa shape index (κ3) is 8.59. The maximum absolute atomic E-state index is 6.02. The number of nitrogens with one attached hydrogen (secondary N) is 1. The molecule has 0 unspecified atom stereocenters. The zero-order chi connectivity index (χ0) is 18.6. The normalized spacial score (nSPS) is 11.0. The van der Waals surface area contributed by atoms with Crippen LogP contribution in [0, 0.1) is 0 Å². The summed E-state index contributed by atoms with van der Waals surface area (Å²) in [7, 11) is 3.35. The Bertz CT molecular complexity index is 710. The van der Waals surface area contributed by atoms with Gasteiger partial charge in [-0.2, -0.15) is 0 Å². The quantitative estimate of drug-likeness (QED) is 0.232. The lowest BCUT2D eigenvalue weighted by molar-refractivity contribution is 0.172. The van der Waals surface area contributed by atoms with Crippen molar-refractivity contribution in [1.82, 2.24) is 0 Å². The highest BCUT2D eigenvalue weighted by atomic mass is 127. The number of nitrogens with zero attached hydrogens (tertiary/aromatic N) is 1. The fourth-order valence-corrected chi connectivity index (χ4v) is 2.40. The molecule has 2 aromatic carbocycles. The molecule has 7 heteroatoms. The van der Waals surface area contributed by atoms with Gasteiger partial charge in [0.2, 0.25) is 0 Å². The second-order valence-electron chi connectivity index (χ2n) is 5.76.